The van der Waals surface area contributed by atoms with E-state index in [1.807, 2.05) is 33.9 Å². The fourth-order valence-corrected chi connectivity index (χ4v) is 3.99. The maximum Gasteiger partial charge on any atom is 0.128 e. The molecule has 4 rings (SSSR count). The van der Waals surface area contributed by atoms with Crippen molar-refractivity contribution in [1.82, 2.24) is 9.97 Å². The highest BCUT2D eigenvalue weighted by Gasteiger charge is 2.18. The van der Waals surface area contributed by atoms with Gasteiger partial charge in [-0.3, -0.25) is 0 Å². The average molecular weight is 354 g/mol. The minimum absolute atomic E-state index is 0.808. The number of fused-ring (bicyclic) bond motifs is 1. The first-order valence-electron chi connectivity index (χ1n) is 7.28. The van der Waals surface area contributed by atoms with Crippen molar-refractivity contribution in [3.8, 4) is 34.0 Å². The van der Waals surface area contributed by atoms with Crippen molar-refractivity contribution in [2.75, 3.05) is 14.2 Å². The molecule has 4 aromatic rings. The molecule has 0 saturated heterocycles. The van der Waals surface area contributed by atoms with Crippen LogP contribution in [0.4, 0.5) is 0 Å². The van der Waals surface area contributed by atoms with Gasteiger partial charge in [0.1, 0.15) is 11.5 Å². The van der Waals surface area contributed by atoms with E-state index in [9.17, 15) is 0 Å². The fraction of sp³-hybridized carbons (Fsp3) is 0.111. The molecule has 2 heterocycles. The van der Waals surface area contributed by atoms with E-state index in [-0.39, 0.29) is 0 Å². The van der Waals surface area contributed by atoms with Crippen molar-refractivity contribution >= 4 is 33.4 Å². The summed E-state index contributed by atoms with van der Waals surface area (Å²) in [6, 6.07) is 8.07. The van der Waals surface area contributed by atoms with Gasteiger partial charge in [-0.15, -0.1) is 22.7 Å². The number of hydrogen-bond acceptors (Lipinski definition) is 6. The number of aromatic nitrogens is 2. The van der Waals surface area contributed by atoms with Crippen molar-refractivity contribution in [2.45, 2.75) is 0 Å². The molecule has 120 valence electrons. The molecule has 4 nitrogen and oxygen atoms in total. The van der Waals surface area contributed by atoms with Crippen LogP contribution < -0.4 is 9.47 Å². The number of hydrogen-bond donors (Lipinski definition) is 0. The van der Waals surface area contributed by atoms with E-state index in [0.717, 1.165) is 44.8 Å². The van der Waals surface area contributed by atoms with Gasteiger partial charge < -0.3 is 9.47 Å². The molecule has 0 unspecified atom stereocenters. The van der Waals surface area contributed by atoms with Gasteiger partial charge in [0.2, 0.25) is 0 Å². The SMILES string of the molecule is COc1ccc2c(-c3cscn3)c(OC)ccc2c1-c1cscn1. The Hall–Kier alpha value is -2.44. The van der Waals surface area contributed by atoms with E-state index in [2.05, 4.69) is 22.1 Å². The van der Waals surface area contributed by atoms with Gasteiger partial charge in [0.25, 0.3) is 0 Å². The fourth-order valence-electron chi connectivity index (χ4n) is 2.91. The van der Waals surface area contributed by atoms with Gasteiger partial charge in [-0.05, 0) is 35.0 Å². The zero-order valence-corrected chi connectivity index (χ0v) is 14.8. The van der Waals surface area contributed by atoms with Gasteiger partial charge in [0.05, 0.1) is 47.8 Å². The Morgan fingerprint density at radius 1 is 0.708 bits per heavy atom. The number of benzene rings is 2. The zero-order valence-electron chi connectivity index (χ0n) is 13.1. The zero-order chi connectivity index (χ0) is 16.5. The predicted molar refractivity (Wildman–Crippen MR) is 99.3 cm³/mol. The third kappa shape index (κ3) is 2.35. The third-order valence-corrected chi connectivity index (χ3v) is 5.11. The quantitative estimate of drug-likeness (QED) is 0.511. The van der Waals surface area contributed by atoms with E-state index in [1.54, 1.807) is 36.9 Å². The van der Waals surface area contributed by atoms with Crippen LogP contribution in [0.2, 0.25) is 0 Å². The van der Waals surface area contributed by atoms with Crippen LogP contribution in [-0.4, -0.2) is 24.2 Å². The Labute approximate surface area is 147 Å². The van der Waals surface area contributed by atoms with E-state index in [1.165, 1.54) is 0 Å². The molecular weight excluding hydrogens is 340 g/mol. The van der Waals surface area contributed by atoms with E-state index in [0.29, 0.717) is 0 Å². The van der Waals surface area contributed by atoms with Crippen LogP contribution in [0.15, 0.2) is 46.0 Å². The summed E-state index contributed by atoms with van der Waals surface area (Å²) in [5.41, 5.74) is 7.48. The first-order chi connectivity index (χ1) is 11.8. The molecule has 24 heavy (non-hydrogen) atoms. The van der Waals surface area contributed by atoms with E-state index >= 15 is 0 Å². The summed E-state index contributed by atoms with van der Waals surface area (Å²) in [5.74, 6) is 1.62. The van der Waals surface area contributed by atoms with Crippen molar-refractivity contribution in [3.63, 3.8) is 0 Å². The monoisotopic (exact) mass is 354 g/mol. The molecule has 0 aliphatic carbocycles. The molecule has 0 atom stereocenters. The molecule has 6 heteroatoms. The highest BCUT2D eigenvalue weighted by atomic mass is 32.1. The number of nitrogens with zero attached hydrogens (tertiary/aromatic N) is 2. The molecule has 0 spiro atoms. The Morgan fingerprint density at radius 2 is 1.17 bits per heavy atom. The summed E-state index contributed by atoms with van der Waals surface area (Å²) in [7, 11) is 3.36. The third-order valence-electron chi connectivity index (χ3n) is 3.94. The minimum Gasteiger partial charge on any atom is -0.496 e. The second-order valence-electron chi connectivity index (χ2n) is 5.13. The van der Waals surface area contributed by atoms with E-state index in [4.69, 9.17) is 9.47 Å². The maximum atomic E-state index is 5.58. The first kappa shape index (κ1) is 15.1. The predicted octanol–water partition coefficient (Wildman–Crippen LogP) is 5.10. The molecule has 0 radical (unpaired) electrons. The van der Waals surface area contributed by atoms with E-state index < -0.39 is 0 Å². The van der Waals surface area contributed by atoms with Crippen LogP contribution in [0.3, 0.4) is 0 Å². The van der Waals surface area contributed by atoms with Crippen LogP contribution >= 0.6 is 22.7 Å². The first-order valence-corrected chi connectivity index (χ1v) is 9.17. The van der Waals surface area contributed by atoms with Gasteiger partial charge >= 0.3 is 0 Å². The van der Waals surface area contributed by atoms with Gasteiger partial charge in [-0.1, -0.05) is 0 Å². The molecule has 0 saturated carbocycles. The highest BCUT2D eigenvalue weighted by molar-refractivity contribution is 7.08. The van der Waals surface area contributed by atoms with Crippen LogP contribution in [-0.2, 0) is 0 Å². The van der Waals surface area contributed by atoms with Gasteiger partial charge in [-0.25, -0.2) is 9.97 Å². The van der Waals surface area contributed by atoms with Crippen LogP contribution in [0.25, 0.3) is 33.3 Å². The topological polar surface area (TPSA) is 44.2 Å². The summed E-state index contributed by atoms with van der Waals surface area (Å²) in [5, 5.41) is 6.21. The van der Waals surface area contributed by atoms with Crippen molar-refractivity contribution in [2.24, 2.45) is 0 Å². The lowest BCUT2D eigenvalue weighted by molar-refractivity contribution is 0.415. The molecular formula is C18H14N2O2S2. The normalized spacial score (nSPS) is 10.9. The molecule has 0 amide bonds. The Balaban J connectivity index is 2.11. The molecule has 0 aliphatic heterocycles. The van der Waals surface area contributed by atoms with Gasteiger partial charge in [0.15, 0.2) is 0 Å². The van der Waals surface area contributed by atoms with Crippen molar-refractivity contribution in [1.29, 1.82) is 0 Å². The summed E-state index contributed by atoms with van der Waals surface area (Å²) >= 11 is 3.14. The standard InChI is InChI=1S/C18H14N2O2S2/c1-21-15-5-3-12-11(17(15)13-7-23-9-19-13)4-6-16(22-2)18(12)14-8-24-10-20-14/h3-10H,1-2H3. The lowest BCUT2D eigenvalue weighted by Gasteiger charge is -2.15. The van der Waals surface area contributed by atoms with Gasteiger partial charge in [-0.2, -0.15) is 0 Å². The molecule has 2 aromatic carbocycles. The van der Waals surface area contributed by atoms with Crippen LogP contribution in [0, 0.1) is 0 Å². The second kappa shape index (κ2) is 6.22. The van der Waals surface area contributed by atoms with Crippen LogP contribution in [0.5, 0.6) is 11.5 Å². The van der Waals surface area contributed by atoms with Crippen molar-refractivity contribution in [3.05, 3.63) is 46.0 Å². The Morgan fingerprint density at radius 3 is 1.50 bits per heavy atom. The number of ether oxygens (including phenoxy) is 2. The maximum absolute atomic E-state index is 5.58. The molecule has 2 aromatic heterocycles. The molecule has 0 aliphatic rings. The Kier molecular flexibility index (Phi) is 3.92. The highest BCUT2D eigenvalue weighted by Crippen LogP contribution is 2.43. The van der Waals surface area contributed by atoms with Gasteiger partial charge in [0, 0.05) is 10.8 Å². The summed E-state index contributed by atoms with van der Waals surface area (Å²) < 4.78 is 11.2. The number of thiazole rings is 2. The molecule has 0 bridgehead atoms. The summed E-state index contributed by atoms with van der Waals surface area (Å²) in [6.07, 6.45) is 0. The minimum atomic E-state index is 0.808. The molecule has 0 N–H and O–H groups in total. The second-order valence-corrected chi connectivity index (χ2v) is 6.57. The van der Waals surface area contributed by atoms with Crippen molar-refractivity contribution < 1.29 is 9.47 Å². The average Bonchev–Trinajstić information content (AvgIpc) is 3.33. The lowest BCUT2D eigenvalue weighted by atomic mass is 9.96. The summed E-state index contributed by atoms with van der Waals surface area (Å²) in [6.45, 7) is 0. The number of rotatable bonds is 4. The lowest BCUT2D eigenvalue weighted by Crippen LogP contribution is -1.94. The Bertz CT molecular complexity index is 899. The smallest absolute Gasteiger partial charge is 0.128 e. The largest absolute Gasteiger partial charge is 0.496 e. The molecule has 0 fully saturated rings. The number of methoxy groups -OCH3 is 2. The van der Waals surface area contributed by atoms with Crippen LogP contribution in [0.1, 0.15) is 0 Å². The summed E-state index contributed by atoms with van der Waals surface area (Å²) in [4.78, 5) is 8.95.